The van der Waals surface area contributed by atoms with E-state index in [0.29, 0.717) is 11.5 Å². The lowest BCUT2D eigenvalue weighted by Crippen LogP contribution is -1.97. The zero-order valence-corrected chi connectivity index (χ0v) is 10.6. The standard InChI is InChI=1S/C13H16O5/c1-9(14)18-6-4-5-10-7-11(16-2)13(15)12(8-10)17-3/h4-5,7-8,15H,6H2,1-3H3/b5-4-. The summed E-state index contributed by atoms with van der Waals surface area (Å²) in [6.07, 6.45) is 3.43. The Morgan fingerprint density at radius 1 is 1.28 bits per heavy atom. The lowest BCUT2D eigenvalue weighted by atomic mass is 10.1. The maximum Gasteiger partial charge on any atom is 0.302 e. The minimum absolute atomic E-state index is 0.0443. The lowest BCUT2D eigenvalue weighted by molar-refractivity contribution is -0.139. The molecule has 0 heterocycles. The summed E-state index contributed by atoms with van der Waals surface area (Å²) in [6.45, 7) is 1.54. The molecule has 0 aliphatic carbocycles. The first-order valence-corrected chi connectivity index (χ1v) is 5.33. The number of aromatic hydroxyl groups is 1. The number of carbonyl (C=O) groups excluding carboxylic acids is 1. The second-order valence-electron chi connectivity index (χ2n) is 3.48. The number of phenols is 1. The Bertz CT molecular complexity index is 426. The van der Waals surface area contributed by atoms with Crippen LogP contribution in [-0.2, 0) is 9.53 Å². The van der Waals surface area contributed by atoms with Crippen LogP contribution in [0.5, 0.6) is 17.2 Å². The smallest absolute Gasteiger partial charge is 0.302 e. The molecule has 1 aromatic rings. The highest BCUT2D eigenvalue weighted by atomic mass is 16.5. The van der Waals surface area contributed by atoms with Gasteiger partial charge in [0.1, 0.15) is 6.61 Å². The highest BCUT2D eigenvalue weighted by Gasteiger charge is 2.09. The van der Waals surface area contributed by atoms with E-state index in [4.69, 9.17) is 14.2 Å². The van der Waals surface area contributed by atoms with Crippen LogP contribution in [0.3, 0.4) is 0 Å². The number of carbonyl (C=O) groups is 1. The molecule has 0 saturated carbocycles. The Hall–Kier alpha value is -2.17. The van der Waals surface area contributed by atoms with Gasteiger partial charge in [-0.25, -0.2) is 0 Å². The summed E-state index contributed by atoms with van der Waals surface area (Å²) in [5, 5.41) is 9.71. The number of hydrogen-bond donors (Lipinski definition) is 1. The molecule has 0 radical (unpaired) electrons. The van der Waals surface area contributed by atoms with Gasteiger partial charge in [0.15, 0.2) is 11.5 Å². The Kier molecular flexibility index (Phi) is 5.05. The third-order valence-corrected chi connectivity index (χ3v) is 2.20. The molecule has 0 aliphatic rings. The highest BCUT2D eigenvalue weighted by Crippen LogP contribution is 2.37. The van der Waals surface area contributed by atoms with Crippen molar-refractivity contribution in [1.29, 1.82) is 0 Å². The predicted molar refractivity (Wildman–Crippen MR) is 66.9 cm³/mol. The average molecular weight is 252 g/mol. The van der Waals surface area contributed by atoms with E-state index in [0.717, 1.165) is 5.56 Å². The molecule has 0 aromatic heterocycles. The normalized spacial score (nSPS) is 10.4. The first kappa shape index (κ1) is 13.9. The SMILES string of the molecule is COc1cc(/C=C\COC(C)=O)cc(OC)c1O. The Morgan fingerprint density at radius 2 is 1.83 bits per heavy atom. The van der Waals surface area contributed by atoms with Crippen molar-refractivity contribution in [3.63, 3.8) is 0 Å². The molecular formula is C13H16O5. The van der Waals surface area contributed by atoms with Crippen molar-refractivity contribution in [2.24, 2.45) is 0 Å². The van der Waals surface area contributed by atoms with Crippen molar-refractivity contribution in [2.45, 2.75) is 6.92 Å². The monoisotopic (exact) mass is 252 g/mol. The fourth-order valence-electron chi connectivity index (χ4n) is 1.36. The van der Waals surface area contributed by atoms with Crippen molar-refractivity contribution in [3.8, 4) is 17.2 Å². The number of hydrogen-bond acceptors (Lipinski definition) is 5. The molecule has 98 valence electrons. The Morgan fingerprint density at radius 3 is 2.28 bits per heavy atom. The molecular weight excluding hydrogens is 236 g/mol. The minimum Gasteiger partial charge on any atom is -0.502 e. The lowest BCUT2D eigenvalue weighted by Gasteiger charge is -2.09. The van der Waals surface area contributed by atoms with Gasteiger partial charge in [0.05, 0.1) is 14.2 Å². The average Bonchev–Trinajstić information content (AvgIpc) is 2.35. The number of ether oxygens (including phenoxy) is 3. The zero-order chi connectivity index (χ0) is 13.5. The molecule has 0 spiro atoms. The summed E-state index contributed by atoms with van der Waals surface area (Å²) in [7, 11) is 2.92. The quantitative estimate of drug-likeness (QED) is 0.812. The van der Waals surface area contributed by atoms with Gasteiger partial charge in [-0.2, -0.15) is 0 Å². The molecule has 0 unspecified atom stereocenters. The molecule has 0 fully saturated rings. The van der Waals surface area contributed by atoms with Crippen molar-refractivity contribution in [3.05, 3.63) is 23.8 Å². The second kappa shape index (κ2) is 6.54. The molecule has 0 amide bonds. The van der Waals surface area contributed by atoms with Gasteiger partial charge < -0.3 is 19.3 Å². The van der Waals surface area contributed by atoms with Crippen LogP contribution < -0.4 is 9.47 Å². The molecule has 0 bridgehead atoms. The van der Waals surface area contributed by atoms with Gasteiger partial charge in [0, 0.05) is 6.92 Å². The van der Waals surface area contributed by atoms with E-state index < -0.39 is 0 Å². The molecule has 5 nitrogen and oxygen atoms in total. The molecule has 1 aromatic carbocycles. The topological polar surface area (TPSA) is 65.0 Å². The van der Waals surface area contributed by atoms with Crippen LogP contribution in [0.2, 0.25) is 0 Å². The van der Waals surface area contributed by atoms with Gasteiger partial charge in [0.2, 0.25) is 5.75 Å². The number of methoxy groups -OCH3 is 2. The second-order valence-corrected chi connectivity index (χ2v) is 3.48. The van der Waals surface area contributed by atoms with E-state index in [-0.39, 0.29) is 18.3 Å². The van der Waals surface area contributed by atoms with Crippen LogP contribution in [0.4, 0.5) is 0 Å². The minimum atomic E-state index is -0.333. The summed E-state index contributed by atoms with van der Waals surface area (Å²) >= 11 is 0. The fourth-order valence-corrected chi connectivity index (χ4v) is 1.36. The van der Waals surface area contributed by atoms with Crippen molar-refractivity contribution >= 4 is 12.0 Å². The zero-order valence-electron chi connectivity index (χ0n) is 10.6. The molecule has 0 saturated heterocycles. The summed E-state index contributed by atoms with van der Waals surface area (Å²) in [6, 6.07) is 3.31. The number of phenolic OH excluding ortho intramolecular Hbond substituents is 1. The fraction of sp³-hybridized carbons (Fsp3) is 0.308. The van der Waals surface area contributed by atoms with Gasteiger partial charge in [-0.05, 0) is 23.8 Å². The number of rotatable bonds is 5. The van der Waals surface area contributed by atoms with E-state index in [1.807, 2.05) is 0 Å². The van der Waals surface area contributed by atoms with Gasteiger partial charge >= 0.3 is 5.97 Å². The van der Waals surface area contributed by atoms with Crippen LogP contribution >= 0.6 is 0 Å². The van der Waals surface area contributed by atoms with Crippen LogP contribution in [0, 0.1) is 0 Å². The molecule has 0 aliphatic heterocycles. The van der Waals surface area contributed by atoms with Crippen LogP contribution in [0.25, 0.3) is 6.08 Å². The maximum absolute atomic E-state index is 10.6. The first-order valence-electron chi connectivity index (χ1n) is 5.33. The molecule has 1 N–H and O–H groups in total. The summed E-state index contributed by atoms with van der Waals surface area (Å²) in [5.41, 5.74) is 0.772. The first-order chi connectivity index (χ1) is 8.58. The number of benzene rings is 1. The van der Waals surface area contributed by atoms with Crippen molar-refractivity contribution in [2.75, 3.05) is 20.8 Å². The van der Waals surface area contributed by atoms with E-state index in [1.54, 1.807) is 24.3 Å². The predicted octanol–water partition coefficient (Wildman–Crippen LogP) is 1.99. The van der Waals surface area contributed by atoms with Crippen LogP contribution in [0.15, 0.2) is 18.2 Å². The maximum atomic E-state index is 10.6. The largest absolute Gasteiger partial charge is 0.502 e. The molecule has 5 heteroatoms. The van der Waals surface area contributed by atoms with E-state index >= 15 is 0 Å². The van der Waals surface area contributed by atoms with Gasteiger partial charge in [-0.1, -0.05) is 6.08 Å². The van der Waals surface area contributed by atoms with Crippen LogP contribution in [0.1, 0.15) is 12.5 Å². The van der Waals surface area contributed by atoms with Crippen molar-refractivity contribution < 1.29 is 24.1 Å². The summed E-state index contributed by atoms with van der Waals surface area (Å²) in [5.74, 6) is 0.264. The van der Waals surface area contributed by atoms with Crippen molar-refractivity contribution in [1.82, 2.24) is 0 Å². The molecule has 18 heavy (non-hydrogen) atoms. The van der Waals surface area contributed by atoms with E-state index in [2.05, 4.69) is 0 Å². The molecule has 1 rings (SSSR count). The summed E-state index contributed by atoms with van der Waals surface area (Å²) < 4.78 is 14.8. The third-order valence-electron chi connectivity index (χ3n) is 2.20. The molecule has 0 atom stereocenters. The van der Waals surface area contributed by atoms with E-state index in [1.165, 1.54) is 21.1 Å². The van der Waals surface area contributed by atoms with Gasteiger partial charge in [0.25, 0.3) is 0 Å². The third kappa shape index (κ3) is 3.69. The highest BCUT2D eigenvalue weighted by molar-refractivity contribution is 5.66. The van der Waals surface area contributed by atoms with Gasteiger partial charge in [-0.3, -0.25) is 4.79 Å². The Balaban J connectivity index is 2.86. The Labute approximate surface area is 106 Å². The summed E-state index contributed by atoms with van der Waals surface area (Å²) in [4.78, 5) is 10.6. The number of esters is 1. The van der Waals surface area contributed by atoms with E-state index in [9.17, 15) is 9.90 Å². The van der Waals surface area contributed by atoms with Crippen LogP contribution in [-0.4, -0.2) is 31.9 Å². The van der Waals surface area contributed by atoms with Gasteiger partial charge in [-0.15, -0.1) is 0 Å².